The Balaban J connectivity index is 1.59. The van der Waals surface area contributed by atoms with Gasteiger partial charge in [0.1, 0.15) is 23.3 Å². The van der Waals surface area contributed by atoms with Crippen LogP contribution in [0.4, 0.5) is 28.0 Å². The fourth-order valence-electron chi connectivity index (χ4n) is 5.59. The van der Waals surface area contributed by atoms with Gasteiger partial charge < -0.3 is 20.3 Å². The van der Waals surface area contributed by atoms with E-state index in [0.717, 1.165) is 23.2 Å². The molecule has 3 aromatic rings. The van der Waals surface area contributed by atoms with Gasteiger partial charge in [-0.15, -0.1) is 0 Å². The van der Waals surface area contributed by atoms with E-state index < -0.39 is 64.9 Å². The minimum absolute atomic E-state index is 0.0367. The van der Waals surface area contributed by atoms with E-state index in [0.29, 0.717) is 11.6 Å². The lowest BCUT2D eigenvalue weighted by molar-refractivity contribution is -0.184. The van der Waals surface area contributed by atoms with Crippen molar-refractivity contribution >= 4 is 17.7 Å². The molecule has 1 aromatic heterocycles. The minimum Gasteiger partial charge on any atom is -0.465 e. The Bertz CT molecular complexity index is 1480. The van der Waals surface area contributed by atoms with Crippen molar-refractivity contribution in [2.75, 3.05) is 25.1 Å². The molecular weight excluding hydrogens is 582 g/mol. The van der Waals surface area contributed by atoms with Crippen molar-refractivity contribution in [3.8, 4) is 0 Å². The van der Waals surface area contributed by atoms with Crippen molar-refractivity contribution < 1.29 is 42.1 Å². The van der Waals surface area contributed by atoms with Crippen molar-refractivity contribution in [3.63, 3.8) is 0 Å². The second-order valence-corrected chi connectivity index (χ2v) is 12.0. The molecule has 2 heterocycles. The summed E-state index contributed by atoms with van der Waals surface area (Å²) in [5.74, 6) is -4.37. The Morgan fingerprint density at radius 1 is 1.05 bits per heavy atom. The maximum absolute atomic E-state index is 15.2. The molecule has 0 aliphatic carbocycles. The van der Waals surface area contributed by atoms with Crippen molar-refractivity contribution in [1.29, 1.82) is 0 Å². The van der Waals surface area contributed by atoms with Crippen LogP contribution in [0.1, 0.15) is 56.2 Å². The Hall–Kier alpha value is -4.03. The van der Waals surface area contributed by atoms with E-state index >= 15 is 4.39 Å². The van der Waals surface area contributed by atoms with Crippen LogP contribution in [0.3, 0.4) is 0 Å². The zero-order valence-electron chi connectivity index (χ0n) is 24.6. The highest BCUT2D eigenvalue weighted by Gasteiger charge is 2.49. The first-order valence-corrected chi connectivity index (χ1v) is 14.1. The van der Waals surface area contributed by atoms with Gasteiger partial charge in [0.25, 0.3) is 0 Å². The molecule has 1 aliphatic heterocycles. The summed E-state index contributed by atoms with van der Waals surface area (Å²) in [6, 6.07) is 7.35. The third kappa shape index (κ3) is 7.36. The molecule has 236 valence electrons. The second kappa shape index (κ2) is 13.3. The molecule has 2 amide bonds. The van der Waals surface area contributed by atoms with Gasteiger partial charge in [-0.3, -0.25) is 14.7 Å². The molecule has 8 nitrogen and oxygen atoms in total. The monoisotopic (exact) mass is 617 g/mol. The fraction of sp³-hybridized carbons (Fsp3) is 0.406. The number of halogens is 4. The third-order valence-corrected chi connectivity index (χ3v) is 8.25. The van der Waals surface area contributed by atoms with Gasteiger partial charge in [-0.25, -0.2) is 22.4 Å². The Kier molecular flexibility index (Phi) is 9.94. The van der Waals surface area contributed by atoms with Gasteiger partial charge in [-0.2, -0.15) is 0 Å². The lowest BCUT2D eigenvalue weighted by Crippen LogP contribution is -2.63. The van der Waals surface area contributed by atoms with Gasteiger partial charge in [-0.05, 0) is 53.6 Å². The summed E-state index contributed by atoms with van der Waals surface area (Å²) in [7, 11) is 0. The summed E-state index contributed by atoms with van der Waals surface area (Å²) in [5, 5.41) is 22.1. The standard InChI is InChI=1S/C32H35F4N3O5/c1-31(2,3)32(18-39(30(42)43)24(16-40)17-44-32)9-8-25-27(36)14-37-15-28(25)38-29(41)13-26(19-4-6-21(33)7-5-19)20-10-22(34)12-23(35)11-20/h4-7,10-12,14-15,24,26,40H,8-9,13,16-18H2,1-3H3,(H,38,41)(H,42,43)/t24-,26?,32+/m1/s1. The number of carbonyl (C=O) groups excluding carboxylic acids is 1. The SMILES string of the molecule is CC(C)(C)[C@]1(CCc2c(F)cncc2NC(=O)CC(c2ccc(F)cc2)c2cc(F)cc(F)c2)CN(C(=O)O)[C@H](CO)CO1. The number of nitrogens with one attached hydrogen (secondary N) is 1. The number of aliphatic hydroxyl groups excluding tert-OH is 1. The van der Waals surface area contributed by atoms with Gasteiger partial charge in [0.15, 0.2) is 0 Å². The van der Waals surface area contributed by atoms with Crippen LogP contribution in [-0.2, 0) is 16.0 Å². The van der Waals surface area contributed by atoms with E-state index in [2.05, 4.69) is 10.3 Å². The molecule has 4 rings (SSSR count). The maximum atomic E-state index is 15.2. The number of benzene rings is 2. The summed E-state index contributed by atoms with van der Waals surface area (Å²) in [4.78, 5) is 30.3. The van der Waals surface area contributed by atoms with Crippen LogP contribution < -0.4 is 5.32 Å². The van der Waals surface area contributed by atoms with Crippen LogP contribution in [0.15, 0.2) is 54.9 Å². The van der Waals surface area contributed by atoms with Crippen LogP contribution in [0.2, 0.25) is 0 Å². The van der Waals surface area contributed by atoms with E-state index in [-0.39, 0.29) is 49.2 Å². The molecule has 1 unspecified atom stereocenters. The van der Waals surface area contributed by atoms with Crippen molar-refractivity contribution in [2.45, 2.75) is 57.6 Å². The molecule has 3 N–H and O–H groups in total. The molecule has 0 saturated carbocycles. The number of aromatic nitrogens is 1. The lowest BCUT2D eigenvalue weighted by Gasteiger charge is -2.52. The fourth-order valence-corrected chi connectivity index (χ4v) is 5.59. The summed E-state index contributed by atoms with van der Waals surface area (Å²) >= 11 is 0. The summed E-state index contributed by atoms with van der Waals surface area (Å²) in [5.41, 5.74) is -0.870. The molecular formula is C32H35F4N3O5. The van der Waals surface area contributed by atoms with E-state index in [1.54, 1.807) is 0 Å². The van der Waals surface area contributed by atoms with Crippen molar-refractivity contribution in [3.05, 3.63) is 94.8 Å². The highest BCUT2D eigenvalue weighted by molar-refractivity contribution is 5.92. The molecule has 1 saturated heterocycles. The number of ether oxygens (including phenoxy) is 1. The number of morpholine rings is 1. The maximum Gasteiger partial charge on any atom is 0.407 e. The summed E-state index contributed by atoms with van der Waals surface area (Å²) in [6.45, 7) is 5.11. The number of carbonyl (C=O) groups is 2. The van der Waals surface area contributed by atoms with E-state index in [9.17, 15) is 33.0 Å². The number of aliphatic hydroxyl groups is 1. The first-order valence-electron chi connectivity index (χ1n) is 14.1. The van der Waals surface area contributed by atoms with E-state index in [1.807, 2.05) is 20.8 Å². The summed E-state index contributed by atoms with van der Waals surface area (Å²) in [6.07, 6.45) is 0.965. The number of amides is 2. The van der Waals surface area contributed by atoms with Gasteiger partial charge in [0.2, 0.25) is 5.91 Å². The number of rotatable bonds is 9. The number of anilines is 1. The minimum atomic E-state index is -1.21. The van der Waals surface area contributed by atoms with Crippen molar-refractivity contribution in [1.82, 2.24) is 9.88 Å². The Labute approximate surface area is 252 Å². The molecule has 1 aliphatic rings. The number of hydrogen-bond donors (Lipinski definition) is 3. The van der Waals surface area contributed by atoms with Gasteiger partial charge >= 0.3 is 6.09 Å². The zero-order chi connectivity index (χ0) is 32.2. The Morgan fingerprint density at radius 2 is 1.70 bits per heavy atom. The quantitative estimate of drug-likeness (QED) is 0.259. The smallest absolute Gasteiger partial charge is 0.407 e. The normalized spacial score (nSPS) is 19.5. The first kappa shape index (κ1) is 32.9. The Morgan fingerprint density at radius 3 is 2.30 bits per heavy atom. The van der Waals surface area contributed by atoms with E-state index in [4.69, 9.17) is 4.74 Å². The van der Waals surface area contributed by atoms with Gasteiger partial charge in [0.05, 0.1) is 49.5 Å². The lowest BCUT2D eigenvalue weighted by atomic mass is 9.71. The number of hydrogen-bond acceptors (Lipinski definition) is 5. The zero-order valence-corrected chi connectivity index (χ0v) is 24.6. The number of carboxylic acid groups (broad SMARTS) is 1. The molecule has 12 heteroatoms. The van der Waals surface area contributed by atoms with Crippen LogP contribution >= 0.6 is 0 Å². The topological polar surface area (TPSA) is 112 Å². The third-order valence-electron chi connectivity index (χ3n) is 8.25. The van der Waals surface area contributed by atoms with E-state index in [1.165, 1.54) is 30.5 Å². The predicted octanol–water partition coefficient (Wildman–Crippen LogP) is 5.89. The highest BCUT2D eigenvalue weighted by Crippen LogP contribution is 2.42. The van der Waals surface area contributed by atoms with Crippen LogP contribution in [0, 0.1) is 28.7 Å². The predicted molar refractivity (Wildman–Crippen MR) is 154 cm³/mol. The molecule has 0 bridgehead atoms. The number of pyridine rings is 1. The molecule has 0 radical (unpaired) electrons. The molecule has 0 spiro atoms. The average molecular weight is 618 g/mol. The molecule has 44 heavy (non-hydrogen) atoms. The van der Waals surface area contributed by atoms with Gasteiger partial charge in [-0.1, -0.05) is 32.9 Å². The highest BCUT2D eigenvalue weighted by atomic mass is 19.1. The second-order valence-electron chi connectivity index (χ2n) is 12.0. The largest absolute Gasteiger partial charge is 0.465 e. The molecule has 2 aromatic carbocycles. The van der Waals surface area contributed by atoms with Crippen molar-refractivity contribution in [2.24, 2.45) is 5.41 Å². The molecule has 1 fully saturated rings. The number of nitrogens with zero attached hydrogens (tertiary/aromatic N) is 2. The molecule has 3 atom stereocenters. The van der Waals surface area contributed by atoms with Crippen LogP contribution in [0.25, 0.3) is 0 Å². The average Bonchev–Trinajstić information content (AvgIpc) is 2.95. The summed E-state index contributed by atoms with van der Waals surface area (Å²) < 4.78 is 63.2. The van der Waals surface area contributed by atoms with Crippen LogP contribution in [0.5, 0.6) is 0 Å². The van der Waals surface area contributed by atoms with Crippen LogP contribution in [-0.4, -0.2) is 63.5 Å². The first-order chi connectivity index (χ1) is 20.7. The van der Waals surface area contributed by atoms with Gasteiger partial charge in [0, 0.05) is 24.0 Å².